The van der Waals surface area contributed by atoms with Crippen LogP contribution in [0.15, 0.2) is 0 Å². The molecular formula is C14H22N4O4S2. The second-order valence-corrected chi connectivity index (χ2v) is 6.91. The number of fused-ring (bicyclic) bond motifs is 1. The van der Waals surface area contributed by atoms with Gasteiger partial charge in [0.2, 0.25) is 23.6 Å². The number of carbonyl (C=O) groups is 4. The highest BCUT2D eigenvalue weighted by Crippen LogP contribution is 2.49. The van der Waals surface area contributed by atoms with Crippen molar-refractivity contribution in [1.82, 2.24) is 15.5 Å². The number of thiol groups is 2. The molecule has 0 radical (unpaired) electrons. The molecule has 2 aliphatic rings. The molecule has 1 heterocycles. The smallest absolute Gasteiger partial charge is 0.246 e. The van der Waals surface area contributed by atoms with Crippen molar-refractivity contribution in [2.24, 2.45) is 17.6 Å². The van der Waals surface area contributed by atoms with E-state index >= 15 is 0 Å². The molecule has 0 aromatic carbocycles. The molecule has 134 valence electrons. The molecule has 2 fully saturated rings. The topological polar surface area (TPSA) is 122 Å². The number of amides is 4. The van der Waals surface area contributed by atoms with Gasteiger partial charge in [-0.05, 0) is 18.3 Å². The number of nitrogens with two attached hydrogens (primary N) is 1. The summed E-state index contributed by atoms with van der Waals surface area (Å²) in [6.07, 6.45) is 0.871. The summed E-state index contributed by atoms with van der Waals surface area (Å²) in [5.74, 6) is -1.17. The van der Waals surface area contributed by atoms with Crippen LogP contribution in [0, 0.1) is 11.8 Å². The zero-order chi connectivity index (χ0) is 18.0. The summed E-state index contributed by atoms with van der Waals surface area (Å²) in [6.45, 7) is 1.78. The number of nitrogens with one attached hydrogen (secondary N) is 2. The summed E-state index contributed by atoms with van der Waals surface area (Å²) in [6, 6.07) is -2.32. The number of rotatable bonds is 7. The second-order valence-electron chi connectivity index (χ2n) is 6.18. The maximum absolute atomic E-state index is 12.7. The van der Waals surface area contributed by atoms with Crippen LogP contribution in [0.4, 0.5) is 0 Å². The Hall–Kier alpha value is -1.42. The monoisotopic (exact) mass is 374 g/mol. The molecule has 0 aromatic rings. The highest BCUT2D eigenvalue weighted by Gasteiger charge is 2.57. The van der Waals surface area contributed by atoms with E-state index in [1.165, 1.54) is 11.8 Å². The second kappa shape index (κ2) is 7.64. The lowest BCUT2D eigenvalue weighted by Gasteiger charge is -2.30. The Labute approximate surface area is 151 Å². The van der Waals surface area contributed by atoms with E-state index in [1.807, 2.05) is 0 Å². The molecule has 5 atom stereocenters. The molecule has 8 nitrogen and oxygen atoms in total. The van der Waals surface area contributed by atoms with Gasteiger partial charge in [-0.25, -0.2) is 0 Å². The minimum atomic E-state index is -0.883. The number of likely N-dealkylation sites (tertiary alicyclic amines) is 1. The van der Waals surface area contributed by atoms with Gasteiger partial charge in [-0.2, -0.15) is 25.3 Å². The van der Waals surface area contributed by atoms with E-state index in [0.717, 1.165) is 6.42 Å². The van der Waals surface area contributed by atoms with Crippen LogP contribution in [0.2, 0.25) is 0 Å². The molecule has 2 rings (SSSR count). The predicted octanol–water partition coefficient (Wildman–Crippen LogP) is -1.83. The van der Waals surface area contributed by atoms with Gasteiger partial charge in [0, 0.05) is 25.0 Å². The van der Waals surface area contributed by atoms with Crippen molar-refractivity contribution in [2.75, 3.05) is 18.1 Å². The molecule has 4 amide bonds. The first kappa shape index (κ1) is 18.9. The molecule has 1 saturated carbocycles. The van der Waals surface area contributed by atoms with E-state index < -0.39 is 29.9 Å². The SMILES string of the molecule is CC(=O)NC(CS)C(=O)N1CC2CC2C1C(=O)NC(CS)C(N)=O. The van der Waals surface area contributed by atoms with Crippen molar-refractivity contribution in [3.05, 3.63) is 0 Å². The van der Waals surface area contributed by atoms with Gasteiger partial charge in [0.05, 0.1) is 0 Å². The van der Waals surface area contributed by atoms with Crippen LogP contribution in [-0.2, 0) is 19.2 Å². The lowest BCUT2D eigenvalue weighted by molar-refractivity contribution is -0.142. The number of hydrogen-bond acceptors (Lipinski definition) is 6. The molecule has 10 heteroatoms. The molecule has 4 N–H and O–H groups in total. The van der Waals surface area contributed by atoms with Crippen molar-refractivity contribution in [1.29, 1.82) is 0 Å². The van der Waals surface area contributed by atoms with Crippen LogP contribution < -0.4 is 16.4 Å². The maximum Gasteiger partial charge on any atom is 0.246 e. The number of carbonyl (C=O) groups excluding carboxylic acids is 4. The normalized spacial score (nSPS) is 27.0. The number of primary amides is 1. The van der Waals surface area contributed by atoms with Crippen molar-refractivity contribution in [3.63, 3.8) is 0 Å². The highest BCUT2D eigenvalue weighted by molar-refractivity contribution is 7.80. The van der Waals surface area contributed by atoms with Gasteiger partial charge >= 0.3 is 0 Å². The molecule has 0 aromatic heterocycles. The van der Waals surface area contributed by atoms with Gasteiger partial charge in [0.15, 0.2) is 0 Å². The van der Waals surface area contributed by atoms with Crippen LogP contribution >= 0.6 is 25.3 Å². The average Bonchev–Trinajstić information content (AvgIpc) is 3.18. The van der Waals surface area contributed by atoms with Gasteiger partial charge in [0.25, 0.3) is 0 Å². The zero-order valence-corrected chi connectivity index (χ0v) is 15.1. The highest BCUT2D eigenvalue weighted by atomic mass is 32.1. The van der Waals surface area contributed by atoms with Crippen LogP contribution in [0.3, 0.4) is 0 Å². The van der Waals surface area contributed by atoms with E-state index in [9.17, 15) is 19.2 Å². The Bertz CT molecular complexity index is 559. The summed E-state index contributed by atoms with van der Waals surface area (Å²) in [5, 5.41) is 5.10. The van der Waals surface area contributed by atoms with Crippen molar-refractivity contribution in [2.45, 2.75) is 31.5 Å². The lowest BCUT2D eigenvalue weighted by Crippen LogP contribution is -2.57. The van der Waals surface area contributed by atoms with E-state index in [1.54, 1.807) is 0 Å². The summed E-state index contributed by atoms with van der Waals surface area (Å²) >= 11 is 8.10. The first-order chi connectivity index (χ1) is 11.3. The lowest BCUT2D eigenvalue weighted by atomic mass is 10.1. The molecule has 0 bridgehead atoms. The Kier molecular flexibility index (Phi) is 6.02. The third-order valence-corrected chi connectivity index (χ3v) is 5.13. The van der Waals surface area contributed by atoms with Crippen LogP contribution in [0.1, 0.15) is 13.3 Å². The van der Waals surface area contributed by atoms with Crippen LogP contribution in [0.5, 0.6) is 0 Å². The summed E-state index contributed by atoms with van der Waals surface area (Å²) in [4.78, 5) is 49.2. The zero-order valence-electron chi connectivity index (χ0n) is 13.3. The summed E-state index contributed by atoms with van der Waals surface area (Å²) in [5.41, 5.74) is 5.22. The predicted molar refractivity (Wildman–Crippen MR) is 93.5 cm³/mol. The minimum absolute atomic E-state index is 0.0836. The molecule has 0 spiro atoms. The van der Waals surface area contributed by atoms with Gasteiger partial charge in [-0.3, -0.25) is 19.2 Å². The Morgan fingerprint density at radius 3 is 2.29 bits per heavy atom. The van der Waals surface area contributed by atoms with E-state index in [0.29, 0.717) is 6.54 Å². The molecule has 1 aliphatic heterocycles. The van der Waals surface area contributed by atoms with Crippen LogP contribution in [0.25, 0.3) is 0 Å². The fourth-order valence-corrected chi connectivity index (χ4v) is 3.64. The van der Waals surface area contributed by atoms with Crippen molar-refractivity contribution in [3.8, 4) is 0 Å². The summed E-state index contributed by atoms with van der Waals surface area (Å²) < 4.78 is 0. The average molecular weight is 374 g/mol. The number of piperidine rings is 1. The largest absolute Gasteiger partial charge is 0.368 e. The van der Waals surface area contributed by atoms with Crippen molar-refractivity contribution >= 4 is 48.9 Å². The Morgan fingerprint density at radius 2 is 1.79 bits per heavy atom. The molecule has 1 saturated heterocycles. The molecular weight excluding hydrogens is 352 g/mol. The molecule has 1 aliphatic carbocycles. The number of nitrogens with zero attached hydrogens (tertiary/aromatic N) is 1. The van der Waals surface area contributed by atoms with Gasteiger partial charge < -0.3 is 21.3 Å². The molecule has 24 heavy (non-hydrogen) atoms. The van der Waals surface area contributed by atoms with Gasteiger partial charge in [-0.1, -0.05) is 0 Å². The summed E-state index contributed by atoms with van der Waals surface area (Å²) in [7, 11) is 0. The van der Waals surface area contributed by atoms with Crippen LogP contribution in [-0.4, -0.2) is 64.7 Å². The minimum Gasteiger partial charge on any atom is -0.368 e. The third-order valence-electron chi connectivity index (χ3n) is 4.40. The molecule has 5 unspecified atom stereocenters. The van der Waals surface area contributed by atoms with Crippen molar-refractivity contribution < 1.29 is 19.2 Å². The quantitative estimate of drug-likeness (QED) is 0.337. The first-order valence-corrected chi connectivity index (χ1v) is 8.95. The Morgan fingerprint density at radius 1 is 1.17 bits per heavy atom. The van der Waals surface area contributed by atoms with Gasteiger partial charge in [-0.15, -0.1) is 0 Å². The fraction of sp³-hybridized carbons (Fsp3) is 0.714. The fourth-order valence-electron chi connectivity index (χ4n) is 3.12. The van der Waals surface area contributed by atoms with E-state index in [-0.39, 0.29) is 35.2 Å². The van der Waals surface area contributed by atoms with Gasteiger partial charge in [0.1, 0.15) is 18.1 Å². The standard InChI is InChI=1S/C14H22N4O4S2/c1-6(19)16-10(5-24)14(22)18-3-7-2-8(7)11(18)13(21)17-9(4-23)12(15)20/h7-11,23-24H,2-5H2,1H3,(H2,15,20)(H,16,19)(H,17,21). The van der Waals surface area contributed by atoms with E-state index in [2.05, 4.69) is 35.9 Å². The van der Waals surface area contributed by atoms with E-state index in [4.69, 9.17) is 5.73 Å². The number of hydrogen-bond donors (Lipinski definition) is 5. The first-order valence-electron chi connectivity index (χ1n) is 7.69. The maximum atomic E-state index is 12.7. The Balaban J connectivity index is 2.10. The third kappa shape index (κ3) is 3.97.